The Morgan fingerprint density at radius 3 is 2.86 bits per heavy atom. The van der Waals surface area contributed by atoms with Crippen LogP contribution in [0.2, 0.25) is 0 Å². The monoisotopic (exact) mass is 195 g/mol. The highest BCUT2D eigenvalue weighted by atomic mass is 16.2. The van der Waals surface area contributed by atoms with Gasteiger partial charge in [-0.25, -0.2) is 0 Å². The minimum Gasteiger partial charge on any atom is -0.340 e. The standard InChI is InChI=1S/C10H17N3O/c1-4-13-7-10(2,3)12-8(5-6-11)9(13)14/h8,12H,4-5,7H2,1-3H3. The molecule has 1 amide bonds. The van der Waals surface area contributed by atoms with Crippen molar-refractivity contribution in [1.29, 1.82) is 5.26 Å². The summed E-state index contributed by atoms with van der Waals surface area (Å²) in [5.74, 6) is 0.0494. The molecule has 1 atom stereocenters. The second-order valence-corrected chi connectivity index (χ2v) is 4.30. The molecular formula is C10H17N3O. The average Bonchev–Trinajstić information content (AvgIpc) is 2.11. The van der Waals surface area contributed by atoms with Crippen LogP contribution in [0.3, 0.4) is 0 Å². The summed E-state index contributed by atoms with van der Waals surface area (Å²) < 4.78 is 0. The quantitative estimate of drug-likeness (QED) is 0.698. The van der Waals surface area contributed by atoms with Gasteiger partial charge < -0.3 is 4.90 Å². The first kappa shape index (κ1) is 11.0. The number of likely N-dealkylation sites (N-methyl/N-ethyl adjacent to an activating group) is 1. The summed E-state index contributed by atoms with van der Waals surface area (Å²) in [6.45, 7) is 7.48. The first-order valence-corrected chi connectivity index (χ1v) is 4.93. The van der Waals surface area contributed by atoms with Gasteiger partial charge in [0.1, 0.15) is 6.04 Å². The predicted octanol–water partition coefficient (Wildman–Crippen LogP) is 0.499. The molecule has 0 aromatic heterocycles. The van der Waals surface area contributed by atoms with Crippen molar-refractivity contribution in [2.45, 2.75) is 38.8 Å². The molecule has 1 saturated heterocycles. The highest BCUT2D eigenvalue weighted by Crippen LogP contribution is 2.16. The Morgan fingerprint density at radius 1 is 1.71 bits per heavy atom. The van der Waals surface area contributed by atoms with E-state index in [4.69, 9.17) is 5.26 Å². The summed E-state index contributed by atoms with van der Waals surface area (Å²) in [5.41, 5.74) is -0.0918. The number of hydrogen-bond acceptors (Lipinski definition) is 3. The second-order valence-electron chi connectivity index (χ2n) is 4.30. The molecule has 0 aromatic carbocycles. The highest BCUT2D eigenvalue weighted by Gasteiger charge is 2.36. The second kappa shape index (κ2) is 3.97. The summed E-state index contributed by atoms with van der Waals surface area (Å²) in [6, 6.07) is 1.71. The topological polar surface area (TPSA) is 56.1 Å². The van der Waals surface area contributed by atoms with Gasteiger partial charge in [0.05, 0.1) is 12.5 Å². The van der Waals surface area contributed by atoms with Crippen LogP contribution in [0.1, 0.15) is 27.2 Å². The van der Waals surface area contributed by atoms with Gasteiger partial charge in [0.25, 0.3) is 0 Å². The van der Waals surface area contributed by atoms with Crippen molar-refractivity contribution in [3.63, 3.8) is 0 Å². The zero-order valence-electron chi connectivity index (χ0n) is 9.00. The molecule has 1 fully saturated rings. The zero-order chi connectivity index (χ0) is 10.8. The summed E-state index contributed by atoms with van der Waals surface area (Å²) in [7, 11) is 0. The Morgan fingerprint density at radius 2 is 2.36 bits per heavy atom. The van der Waals surface area contributed by atoms with Crippen LogP contribution in [0, 0.1) is 11.3 Å². The number of nitriles is 1. The number of nitrogens with one attached hydrogen (secondary N) is 1. The Bertz CT molecular complexity index is 267. The summed E-state index contributed by atoms with van der Waals surface area (Å²) in [5, 5.41) is 11.8. The van der Waals surface area contributed by atoms with E-state index in [1.165, 1.54) is 0 Å². The van der Waals surface area contributed by atoms with E-state index in [1.807, 2.05) is 26.8 Å². The molecule has 0 aromatic rings. The van der Waals surface area contributed by atoms with Crippen molar-refractivity contribution in [3.8, 4) is 6.07 Å². The van der Waals surface area contributed by atoms with Crippen molar-refractivity contribution < 1.29 is 4.79 Å². The molecule has 1 unspecified atom stereocenters. The van der Waals surface area contributed by atoms with E-state index >= 15 is 0 Å². The van der Waals surface area contributed by atoms with Gasteiger partial charge in [-0.3, -0.25) is 10.1 Å². The molecule has 78 valence electrons. The molecule has 4 heteroatoms. The largest absolute Gasteiger partial charge is 0.340 e. The number of nitrogens with zero attached hydrogens (tertiary/aromatic N) is 2. The highest BCUT2D eigenvalue weighted by molar-refractivity contribution is 5.83. The van der Waals surface area contributed by atoms with E-state index in [0.717, 1.165) is 0 Å². The lowest BCUT2D eigenvalue weighted by Crippen LogP contribution is -2.64. The van der Waals surface area contributed by atoms with Gasteiger partial charge >= 0.3 is 0 Å². The number of piperazine rings is 1. The van der Waals surface area contributed by atoms with Gasteiger partial charge in [-0.05, 0) is 20.8 Å². The van der Waals surface area contributed by atoms with E-state index in [9.17, 15) is 4.79 Å². The molecule has 1 heterocycles. The van der Waals surface area contributed by atoms with Gasteiger partial charge in [0.15, 0.2) is 0 Å². The number of hydrogen-bond donors (Lipinski definition) is 1. The van der Waals surface area contributed by atoms with Gasteiger partial charge in [-0.2, -0.15) is 5.26 Å². The van der Waals surface area contributed by atoms with E-state index in [1.54, 1.807) is 4.90 Å². The maximum absolute atomic E-state index is 11.7. The summed E-state index contributed by atoms with van der Waals surface area (Å²) in [4.78, 5) is 13.6. The van der Waals surface area contributed by atoms with Crippen LogP contribution in [0.25, 0.3) is 0 Å². The summed E-state index contributed by atoms with van der Waals surface area (Å²) in [6.07, 6.45) is 0.249. The van der Waals surface area contributed by atoms with Crippen LogP contribution in [-0.4, -0.2) is 35.5 Å². The molecule has 0 saturated carbocycles. The third kappa shape index (κ3) is 2.24. The Hall–Kier alpha value is -1.08. The van der Waals surface area contributed by atoms with Crippen molar-refractivity contribution in [1.82, 2.24) is 10.2 Å². The average molecular weight is 195 g/mol. The normalized spacial score (nSPS) is 26.0. The van der Waals surface area contributed by atoms with Gasteiger partial charge in [-0.15, -0.1) is 0 Å². The van der Waals surface area contributed by atoms with E-state index in [0.29, 0.717) is 13.1 Å². The third-order valence-electron chi connectivity index (χ3n) is 2.44. The molecule has 1 N–H and O–H groups in total. The van der Waals surface area contributed by atoms with Crippen LogP contribution in [-0.2, 0) is 4.79 Å². The van der Waals surface area contributed by atoms with E-state index in [2.05, 4.69) is 5.32 Å². The molecule has 1 aliphatic heterocycles. The number of carbonyl (C=O) groups is 1. The smallest absolute Gasteiger partial charge is 0.240 e. The lowest BCUT2D eigenvalue weighted by molar-refractivity contribution is -0.138. The maximum Gasteiger partial charge on any atom is 0.240 e. The maximum atomic E-state index is 11.7. The van der Waals surface area contributed by atoms with Crippen molar-refractivity contribution in [3.05, 3.63) is 0 Å². The zero-order valence-corrected chi connectivity index (χ0v) is 9.00. The Kier molecular flexibility index (Phi) is 3.12. The predicted molar refractivity (Wildman–Crippen MR) is 53.5 cm³/mol. The molecule has 0 aliphatic carbocycles. The molecular weight excluding hydrogens is 178 g/mol. The fourth-order valence-electron chi connectivity index (χ4n) is 1.85. The lowest BCUT2D eigenvalue weighted by Gasteiger charge is -2.42. The first-order valence-electron chi connectivity index (χ1n) is 4.93. The SMILES string of the molecule is CCN1CC(C)(C)NC(CC#N)C1=O. The fraction of sp³-hybridized carbons (Fsp3) is 0.800. The molecule has 0 radical (unpaired) electrons. The van der Waals surface area contributed by atoms with Crippen LogP contribution in [0.5, 0.6) is 0 Å². The van der Waals surface area contributed by atoms with Crippen LogP contribution < -0.4 is 5.32 Å². The van der Waals surface area contributed by atoms with Gasteiger partial charge in [0, 0.05) is 18.6 Å². The first-order chi connectivity index (χ1) is 6.50. The van der Waals surface area contributed by atoms with Crippen LogP contribution in [0.15, 0.2) is 0 Å². The van der Waals surface area contributed by atoms with E-state index in [-0.39, 0.29) is 23.9 Å². The molecule has 4 nitrogen and oxygen atoms in total. The molecule has 14 heavy (non-hydrogen) atoms. The van der Waals surface area contributed by atoms with Crippen molar-refractivity contribution in [2.24, 2.45) is 0 Å². The van der Waals surface area contributed by atoms with Crippen molar-refractivity contribution in [2.75, 3.05) is 13.1 Å². The Labute approximate surface area is 84.9 Å². The fourth-order valence-corrected chi connectivity index (χ4v) is 1.85. The minimum atomic E-state index is -0.330. The molecule has 0 spiro atoms. The molecule has 1 aliphatic rings. The molecule has 1 rings (SSSR count). The van der Waals surface area contributed by atoms with Crippen LogP contribution >= 0.6 is 0 Å². The number of carbonyl (C=O) groups excluding carboxylic acids is 1. The number of amides is 1. The number of rotatable bonds is 2. The van der Waals surface area contributed by atoms with Gasteiger partial charge in [0.2, 0.25) is 5.91 Å². The molecule has 0 bridgehead atoms. The lowest BCUT2D eigenvalue weighted by atomic mass is 9.97. The van der Waals surface area contributed by atoms with Crippen molar-refractivity contribution >= 4 is 5.91 Å². The van der Waals surface area contributed by atoms with Crippen LogP contribution in [0.4, 0.5) is 0 Å². The van der Waals surface area contributed by atoms with Gasteiger partial charge in [-0.1, -0.05) is 0 Å². The Balaban J connectivity index is 2.77. The summed E-state index contributed by atoms with van der Waals surface area (Å²) >= 11 is 0. The van der Waals surface area contributed by atoms with E-state index < -0.39 is 0 Å². The minimum absolute atomic E-state index is 0.0494. The third-order valence-corrected chi connectivity index (χ3v) is 2.44.